The van der Waals surface area contributed by atoms with Gasteiger partial charge >= 0.3 is 0 Å². The first-order valence-electron chi connectivity index (χ1n) is 6.36. The molecule has 5 heteroatoms. The minimum absolute atomic E-state index is 0.294. The molecular weight excluding hydrogens is 309 g/mol. The van der Waals surface area contributed by atoms with E-state index >= 15 is 0 Å². The van der Waals surface area contributed by atoms with Gasteiger partial charge in [-0.05, 0) is 41.4 Å². The number of nitrogens with one attached hydrogen (secondary N) is 1. The maximum absolute atomic E-state index is 13.8. The lowest BCUT2D eigenvalue weighted by Crippen LogP contribution is -2.04. The first kappa shape index (κ1) is 14.1. The maximum Gasteiger partial charge on any atom is 0.207 e. The molecular formula is C14H17BrFN3. The molecule has 3 nitrogen and oxygen atoms in total. The minimum atomic E-state index is -0.294. The van der Waals surface area contributed by atoms with Gasteiger partial charge in [0, 0.05) is 17.2 Å². The van der Waals surface area contributed by atoms with Crippen LogP contribution in [-0.2, 0) is 6.54 Å². The lowest BCUT2D eigenvalue weighted by molar-refractivity contribution is 0.625. The number of aryl methyl sites for hydroxylation is 2. The second kappa shape index (κ2) is 6.19. The van der Waals surface area contributed by atoms with Gasteiger partial charge in [-0.3, -0.25) is 0 Å². The standard InChI is InChI=1S/C14H17BrFN3/c1-3-4-8-19-9-10(2)17-14(19)18-13-11(15)6-5-7-12(13)16/h5-7,9H,3-4,8H2,1-2H3,(H,17,18). The van der Waals surface area contributed by atoms with Gasteiger partial charge in [0.25, 0.3) is 0 Å². The lowest BCUT2D eigenvalue weighted by atomic mass is 10.3. The summed E-state index contributed by atoms with van der Waals surface area (Å²) in [6.45, 7) is 4.96. The first-order valence-corrected chi connectivity index (χ1v) is 7.16. The zero-order chi connectivity index (χ0) is 13.8. The molecule has 19 heavy (non-hydrogen) atoms. The summed E-state index contributed by atoms with van der Waals surface area (Å²) in [5.74, 6) is 0.383. The van der Waals surface area contributed by atoms with Crippen LogP contribution in [0.15, 0.2) is 28.9 Å². The number of nitrogens with zero attached hydrogens (tertiary/aromatic N) is 2. The Morgan fingerprint density at radius 3 is 2.89 bits per heavy atom. The van der Waals surface area contributed by atoms with Gasteiger partial charge in [0.15, 0.2) is 0 Å². The third-order valence-corrected chi connectivity index (χ3v) is 3.51. The van der Waals surface area contributed by atoms with Crippen LogP contribution in [0.4, 0.5) is 16.0 Å². The van der Waals surface area contributed by atoms with Gasteiger partial charge in [0.1, 0.15) is 5.82 Å². The van der Waals surface area contributed by atoms with Crippen LogP contribution in [0.25, 0.3) is 0 Å². The van der Waals surface area contributed by atoms with Crippen LogP contribution in [0.3, 0.4) is 0 Å². The molecule has 0 radical (unpaired) electrons. The van der Waals surface area contributed by atoms with E-state index in [1.54, 1.807) is 12.1 Å². The van der Waals surface area contributed by atoms with E-state index in [0.717, 1.165) is 25.1 Å². The molecule has 0 bridgehead atoms. The van der Waals surface area contributed by atoms with Gasteiger partial charge in [0.05, 0.1) is 11.4 Å². The average Bonchev–Trinajstić information content (AvgIpc) is 2.72. The quantitative estimate of drug-likeness (QED) is 0.868. The number of benzene rings is 1. The van der Waals surface area contributed by atoms with Crippen LogP contribution in [-0.4, -0.2) is 9.55 Å². The first-order chi connectivity index (χ1) is 9.11. The molecule has 0 saturated carbocycles. The molecule has 2 aromatic rings. The fourth-order valence-corrected chi connectivity index (χ4v) is 2.32. The van der Waals surface area contributed by atoms with Crippen LogP contribution in [0.5, 0.6) is 0 Å². The highest BCUT2D eigenvalue weighted by atomic mass is 79.9. The Bertz CT molecular complexity index is 546. The molecule has 0 saturated heterocycles. The SMILES string of the molecule is CCCCn1cc(C)nc1Nc1c(F)cccc1Br. The van der Waals surface area contributed by atoms with E-state index in [4.69, 9.17) is 0 Å². The number of rotatable bonds is 5. The number of halogens is 2. The molecule has 1 N–H and O–H groups in total. The summed E-state index contributed by atoms with van der Waals surface area (Å²) in [4.78, 5) is 4.41. The summed E-state index contributed by atoms with van der Waals surface area (Å²) in [5, 5.41) is 3.07. The number of aromatic nitrogens is 2. The Kier molecular flexibility index (Phi) is 4.58. The molecule has 0 amide bonds. The molecule has 1 aromatic carbocycles. The van der Waals surface area contributed by atoms with Crippen molar-refractivity contribution in [1.29, 1.82) is 0 Å². The highest BCUT2D eigenvalue weighted by molar-refractivity contribution is 9.10. The van der Waals surface area contributed by atoms with E-state index in [9.17, 15) is 4.39 Å². The van der Waals surface area contributed by atoms with Crippen molar-refractivity contribution in [2.24, 2.45) is 0 Å². The average molecular weight is 326 g/mol. The van der Waals surface area contributed by atoms with Crippen molar-refractivity contribution >= 4 is 27.6 Å². The van der Waals surface area contributed by atoms with Gasteiger partial charge in [0.2, 0.25) is 5.95 Å². The molecule has 1 heterocycles. The predicted octanol–water partition coefficient (Wildman–Crippen LogP) is 4.64. The second-order valence-corrected chi connectivity index (χ2v) is 5.33. The van der Waals surface area contributed by atoms with Crippen LogP contribution >= 0.6 is 15.9 Å². The van der Waals surface area contributed by atoms with Gasteiger partial charge in [-0.25, -0.2) is 9.37 Å². The Hall–Kier alpha value is -1.36. The molecule has 102 valence electrons. The third-order valence-electron chi connectivity index (χ3n) is 2.85. The van der Waals surface area contributed by atoms with Crippen molar-refractivity contribution in [3.8, 4) is 0 Å². The number of imidazole rings is 1. The van der Waals surface area contributed by atoms with Crippen molar-refractivity contribution in [1.82, 2.24) is 9.55 Å². The topological polar surface area (TPSA) is 29.9 Å². The van der Waals surface area contributed by atoms with Crippen LogP contribution in [0.2, 0.25) is 0 Å². The third kappa shape index (κ3) is 3.35. The fraction of sp³-hybridized carbons (Fsp3) is 0.357. The number of unbranched alkanes of at least 4 members (excludes halogenated alkanes) is 1. The lowest BCUT2D eigenvalue weighted by Gasteiger charge is -2.11. The van der Waals surface area contributed by atoms with Gasteiger partial charge in [-0.2, -0.15) is 0 Å². The largest absolute Gasteiger partial charge is 0.322 e. The van der Waals surface area contributed by atoms with Crippen molar-refractivity contribution in [2.45, 2.75) is 33.2 Å². The molecule has 0 aliphatic rings. The summed E-state index contributed by atoms with van der Waals surface area (Å²) < 4.78 is 16.5. The fourth-order valence-electron chi connectivity index (χ4n) is 1.87. The molecule has 0 unspecified atom stereocenters. The molecule has 0 fully saturated rings. The van der Waals surface area contributed by atoms with Crippen LogP contribution in [0.1, 0.15) is 25.5 Å². The highest BCUT2D eigenvalue weighted by Crippen LogP contribution is 2.28. The molecule has 0 spiro atoms. The van der Waals surface area contributed by atoms with Crippen molar-refractivity contribution in [3.63, 3.8) is 0 Å². The summed E-state index contributed by atoms with van der Waals surface area (Å²) in [7, 11) is 0. The second-order valence-electron chi connectivity index (χ2n) is 4.47. The van der Waals surface area contributed by atoms with E-state index in [0.29, 0.717) is 16.1 Å². The number of para-hydroxylation sites is 1. The smallest absolute Gasteiger partial charge is 0.207 e. The van der Waals surface area contributed by atoms with Gasteiger partial charge < -0.3 is 9.88 Å². The summed E-state index contributed by atoms with van der Waals surface area (Å²) in [6, 6.07) is 4.90. The Morgan fingerprint density at radius 1 is 1.42 bits per heavy atom. The van der Waals surface area contributed by atoms with Crippen LogP contribution in [0, 0.1) is 12.7 Å². The van der Waals surface area contributed by atoms with E-state index in [1.807, 2.05) is 17.7 Å². The normalized spacial score (nSPS) is 10.7. The van der Waals surface area contributed by atoms with Crippen molar-refractivity contribution in [2.75, 3.05) is 5.32 Å². The van der Waals surface area contributed by atoms with Crippen molar-refractivity contribution in [3.05, 3.63) is 40.4 Å². The predicted molar refractivity (Wildman–Crippen MR) is 79.3 cm³/mol. The van der Waals surface area contributed by atoms with Gasteiger partial charge in [-0.15, -0.1) is 0 Å². The zero-order valence-corrected chi connectivity index (χ0v) is 12.7. The maximum atomic E-state index is 13.8. The highest BCUT2D eigenvalue weighted by Gasteiger charge is 2.11. The zero-order valence-electron chi connectivity index (χ0n) is 11.1. The summed E-state index contributed by atoms with van der Waals surface area (Å²) in [5.41, 5.74) is 1.34. The van der Waals surface area contributed by atoms with Gasteiger partial charge in [-0.1, -0.05) is 19.4 Å². The van der Waals surface area contributed by atoms with Crippen molar-refractivity contribution < 1.29 is 4.39 Å². The Balaban J connectivity index is 2.27. The number of anilines is 2. The van der Waals surface area contributed by atoms with E-state index in [2.05, 4.69) is 33.2 Å². The van der Waals surface area contributed by atoms with Crippen LogP contribution < -0.4 is 5.32 Å². The number of hydrogen-bond donors (Lipinski definition) is 1. The number of hydrogen-bond acceptors (Lipinski definition) is 2. The van der Waals surface area contributed by atoms with E-state index in [1.165, 1.54) is 6.07 Å². The molecule has 2 rings (SSSR count). The Labute approximate surface area is 121 Å². The molecule has 0 aliphatic heterocycles. The van der Waals surface area contributed by atoms with E-state index < -0.39 is 0 Å². The minimum Gasteiger partial charge on any atom is -0.322 e. The molecule has 0 atom stereocenters. The molecule has 0 aliphatic carbocycles. The van der Waals surface area contributed by atoms with E-state index in [-0.39, 0.29) is 5.82 Å². The monoisotopic (exact) mass is 325 g/mol. The summed E-state index contributed by atoms with van der Waals surface area (Å²) >= 11 is 3.35. The summed E-state index contributed by atoms with van der Waals surface area (Å²) in [6.07, 6.45) is 4.16. The Morgan fingerprint density at radius 2 is 2.21 bits per heavy atom. The molecule has 1 aromatic heterocycles.